The Labute approximate surface area is 88.2 Å². The zero-order valence-corrected chi connectivity index (χ0v) is 9.05. The maximum Gasteiger partial charge on any atom is 0.0853 e. The molecule has 0 bridgehead atoms. The van der Waals surface area contributed by atoms with Gasteiger partial charge in [-0.25, -0.2) is 0 Å². The first-order valence-electron chi connectivity index (χ1n) is 4.58. The van der Waals surface area contributed by atoms with Crippen LogP contribution in [0.15, 0.2) is 17.0 Å². The zero-order valence-electron chi connectivity index (χ0n) is 8.23. The van der Waals surface area contributed by atoms with Crippen molar-refractivity contribution < 1.29 is 10.2 Å². The molecule has 0 saturated carbocycles. The fourth-order valence-electron chi connectivity index (χ4n) is 1.12. The molecule has 0 atom stereocenters. The third-order valence-electron chi connectivity index (χ3n) is 1.71. The lowest BCUT2D eigenvalue weighted by Crippen LogP contribution is -1.93. The number of aliphatic hydroxyl groups is 2. The summed E-state index contributed by atoms with van der Waals surface area (Å²) in [4.78, 5) is 5.27. The minimum Gasteiger partial charge on any atom is -0.396 e. The molecule has 1 aromatic rings. The Morgan fingerprint density at radius 2 is 2.14 bits per heavy atom. The van der Waals surface area contributed by atoms with Crippen molar-refractivity contribution in [2.45, 2.75) is 24.8 Å². The summed E-state index contributed by atoms with van der Waals surface area (Å²) in [7, 11) is 0. The molecular weight excluding hydrogens is 198 g/mol. The van der Waals surface area contributed by atoms with Crippen LogP contribution in [0, 0.1) is 6.92 Å². The first-order valence-corrected chi connectivity index (χ1v) is 5.57. The molecule has 0 aliphatic rings. The second-order valence-corrected chi connectivity index (χ2v) is 4.19. The summed E-state index contributed by atoms with van der Waals surface area (Å²) in [6, 6.07) is 3.87. The number of rotatable bonds is 5. The number of nitrogens with zero attached hydrogens (tertiary/aromatic N) is 1. The van der Waals surface area contributed by atoms with Gasteiger partial charge in [-0.2, -0.15) is 0 Å². The summed E-state index contributed by atoms with van der Waals surface area (Å²) in [5.74, 6) is 0.894. The average molecular weight is 213 g/mol. The molecule has 0 spiro atoms. The lowest BCUT2D eigenvalue weighted by atomic mass is 10.3. The van der Waals surface area contributed by atoms with Crippen LogP contribution < -0.4 is 0 Å². The first kappa shape index (κ1) is 11.5. The van der Waals surface area contributed by atoms with Crippen LogP contribution in [0.25, 0.3) is 0 Å². The van der Waals surface area contributed by atoms with Gasteiger partial charge in [-0.05, 0) is 25.5 Å². The molecule has 0 aliphatic heterocycles. The van der Waals surface area contributed by atoms with E-state index in [-0.39, 0.29) is 13.2 Å². The standard InChI is InChI=1S/C10H15NO2S/c1-8-5-10(14-4-2-3-12)6-9(7-13)11-8/h5-6,12-13H,2-4,7H2,1H3. The second kappa shape index (κ2) is 6.01. The molecule has 1 aromatic heterocycles. The maximum absolute atomic E-state index is 8.95. The summed E-state index contributed by atoms with van der Waals surface area (Å²) in [5.41, 5.74) is 1.62. The third-order valence-corrected chi connectivity index (χ3v) is 2.77. The van der Waals surface area contributed by atoms with E-state index < -0.39 is 0 Å². The smallest absolute Gasteiger partial charge is 0.0853 e. The Morgan fingerprint density at radius 1 is 1.36 bits per heavy atom. The summed E-state index contributed by atoms with van der Waals surface area (Å²) in [6.07, 6.45) is 0.792. The van der Waals surface area contributed by atoms with Crippen molar-refractivity contribution in [3.05, 3.63) is 23.5 Å². The molecule has 0 aromatic carbocycles. The predicted molar refractivity (Wildman–Crippen MR) is 57.3 cm³/mol. The van der Waals surface area contributed by atoms with Crippen LogP contribution in [0.2, 0.25) is 0 Å². The molecule has 1 rings (SSSR count). The molecule has 1 heterocycles. The molecular formula is C10H15NO2S. The molecule has 0 radical (unpaired) electrons. The number of aromatic nitrogens is 1. The van der Waals surface area contributed by atoms with Crippen LogP contribution in [0.5, 0.6) is 0 Å². The SMILES string of the molecule is Cc1cc(SCCCO)cc(CO)n1. The van der Waals surface area contributed by atoms with Crippen molar-refractivity contribution in [2.24, 2.45) is 0 Å². The minimum absolute atomic E-state index is 0.0186. The van der Waals surface area contributed by atoms with Gasteiger partial charge in [0.25, 0.3) is 0 Å². The van der Waals surface area contributed by atoms with Crippen LogP contribution in [-0.2, 0) is 6.61 Å². The van der Waals surface area contributed by atoms with E-state index in [9.17, 15) is 0 Å². The minimum atomic E-state index is -0.0186. The molecule has 3 nitrogen and oxygen atoms in total. The largest absolute Gasteiger partial charge is 0.396 e. The van der Waals surface area contributed by atoms with Crippen LogP contribution in [0.4, 0.5) is 0 Å². The van der Waals surface area contributed by atoms with E-state index in [4.69, 9.17) is 10.2 Å². The lowest BCUT2D eigenvalue weighted by molar-refractivity contribution is 0.276. The van der Waals surface area contributed by atoms with E-state index in [0.717, 1.165) is 22.8 Å². The molecule has 78 valence electrons. The molecule has 0 saturated heterocycles. The Hall–Kier alpha value is -0.580. The maximum atomic E-state index is 8.95. The monoisotopic (exact) mass is 213 g/mol. The second-order valence-electron chi connectivity index (χ2n) is 3.02. The Kier molecular flexibility index (Phi) is 4.93. The van der Waals surface area contributed by atoms with E-state index in [1.54, 1.807) is 11.8 Å². The summed E-state index contributed by atoms with van der Waals surface area (Å²) < 4.78 is 0. The Bertz CT molecular complexity index is 291. The van der Waals surface area contributed by atoms with E-state index in [2.05, 4.69) is 4.98 Å². The fraction of sp³-hybridized carbons (Fsp3) is 0.500. The molecule has 0 aliphatic carbocycles. The van der Waals surface area contributed by atoms with Gasteiger partial charge in [0, 0.05) is 22.9 Å². The van der Waals surface area contributed by atoms with Crippen LogP contribution >= 0.6 is 11.8 Å². The summed E-state index contributed by atoms with van der Waals surface area (Å²) >= 11 is 1.68. The van der Waals surface area contributed by atoms with Crippen molar-refractivity contribution >= 4 is 11.8 Å². The van der Waals surface area contributed by atoms with Crippen molar-refractivity contribution in [1.82, 2.24) is 4.98 Å². The number of pyridine rings is 1. The van der Waals surface area contributed by atoms with E-state index in [1.165, 1.54) is 0 Å². The summed E-state index contributed by atoms with van der Waals surface area (Å²) in [6.45, 7) is 2.12. The van der Waals surface area contributed by atoms with Gasteiger partial charge in [-0.1, -0.05) is 0 Å². The van der Waals surface area contributed by atoms with E-state index >= 15 is 0 Å². The molecule has 2 N–H and O–H groups in total. The fourth-order valence-corrected chi connectivity index (χ4v) is 2.10. The van der Waals surface area contributed by atoms with E-state index in [0.29, 0.717) is 5.69 Å². The zero-order chi connectivity index (χ0) is 10.4. The highest BCUT2D eigenvalue weighted by Crippen LogP contribution is 2.20. The predicted octanol–water partition coefficient (Wildman–Crippen LogP) is 1.36. The average Bonchev–Trinajstić information content (AvgIpc) is 2.17. The van der Waals surface area contributed by atoms with Gasteiger partial charge in [0.15, 0.2) is 0 Å². The molecule has 0 unspecified atom stereocenters. The molecule has 14 heavy (non-hydrogen) atoms. The van der Waals surface area contributed by atoms with Gasteiger partial charge in [0.2, 0.25) is 0 Å². The third kappa shape index (κ3) is 3.65. The van der Waals surface area contributed by atoms with Crippen molar-refractivity contribution in [3.63, 3.8) is 0 Å². The highest BCUT2D eigenvalue weighted by atomic mass is 32.2. The summed E-state index contributed by atoms with van der Waals surface area (Å²) in [5, 5.41) is 17.6. The van der Waals surface area contributed by atoms with Crippen molar-refractivity contribution in [1.29, 1.82) is 0 Å². The van der Waals surface area contributed by atoms with Gasteiger partial charge >= 0.3 is 0 Å². The molecule has 0 amide bonds. The van der Waals surface area contributed by atoms with Gasteiger partial charge in [-0.15, -0.1) is 11.8 Å². The normalized spacial score (nSPS) is 10.5. The Morgan fingerprint density at radius 3 is 2.79 bits per heavy atom. The van der Waals surface area contributed by atoms with Gasteiger partial charge < -0.3 is 10.2 Å². The van der Waals surface area contributed by atoms with Crippen LogP contribution in [0.1, 0.15) is 17.8 Å². The van der Waals surface area contributed by atoms with Crippen LogP contribution in [0.3, 0.4) is 0 Å². The number of thioether (sulfide) groups is 1. The van der Waals surface area contributed by atoms with Crippen LogP contribution in [-0.4, -0.2) is 27.6 Å². The van der Waals surface area contributed by atoms with Gasteiger partial charge in [0.1, 0.15) is 0 Å². The highest BCUT2D eigenvalue weighted by Gasteiger charge is 1.99. The highest BCUT2D eigenvalue weighted by molar-refractivity contribution is 7.99. The van der Waals surface area contributed by atoms with Crippen molar-refractivity contribution in [2.75, 3.05) is 12.4 Å². The number of aliphatic hydroxyl groups excluding tert-OH is 2. The number of hydrogen-bond donors (Lipinski definition) is 2. The molecule has 0 fully saturated rings. The van der Waals surface area contributed by atoms with Gasteiger partial charge in [0.05, 0.1) is 12.3 Å². The molecule has 4 heteroatoms. The van der Waals surface area contributed by atoms with Crippen molar-refractivity contribution in [3.8, 4) is 0 Å². The lowest BCUT2D eigenvalue weighted by Gasteiger charge is -2.04. The Balaban J connectivity index is 2.62. The van der Waals surface area contributed by atoms with E-state index in [1.807, 2.05) is 19.1 Å². The number of hydrogen-bond acceptors (Lipinski definition) is 4. The first-order chi connectivity index (χ1) is 6.76. The topological polar surface area (TPSA) is 53.4 Å². The number of aryl methyl sites for hydroxylation is 1. The quantitative estimate of drug-likeness (QED) is 0.573. The van der Waals surface area contributed by atoms with Gasteiger partial charge in [-0.3, -0.25) is 4.98 Å².